The zero-order valence-electron chi connectivity index (χ0n) is 16.7. The standard InChI is InChI=1S/C23H28N4O2/c28-22(18-7-1-2-8-18)26-19-9-10-21(27-12-3-4-13-27)20(14-19)23(29)25-16-17-6-5-11-24-15-17/h5-6,9-11,14-15,18H,1-4,7-8,12-13,16H2,(H,25,29)(H,26,28). The number of amides is 2. The van der Waals surface area contributed by atoms with Gasteiger partial charge in [0.25, 0.3) is 5.91 Å². The summed E-state index contributed by atoms with van der Waals surface area (Å²) in [5.74, 6) is 0.0296. The largest absolute Gasteiger partial charge is 0.371 e. The molecule has 0 spiro atoms. The molecular formula is C23H28N4O2. The normalized spacial score (nSPS) is 16.8. The number of nitrogens with zero attached hydrogens (tertiary/aromatic N) is 2. The first-order chi connectivity index (χ1) is 14.2. The fraction of sp³-hybridized carbons (Fsp3) is 0.435. The predicted molar refractivity (Wildman–Crippen MR) is 114 cm³/mol. The zero-order valence-corrected chi connectivity index (χ0v) is 16.7. The fourth-order valence-corrected chi connectivity index (χ4v) is 4.24. The maximum Gasteiger partial charge on any atom is 0.253 e. The Morgan fingerprint density at radius 3 is 2.59 bits per heavy atom. The van der Waals surface area contributed by atoms with Crippen LogP contribution in [0.3, 0.4) is 0 Å². The van der Waals surface area contributed by atoms with Crippen LogP contribution in [0.2, 0.25) is 0 Å². The molecule has 2 amide bonds. The van der Waals surface area contributed by atoms with E-state index in [1.54, 1.807) is 12.4 Å². The van der Waals surface area contributed by atoms with Crippen LogP contribution in [-0.4, -0.2) is 29.9 Å². The average molecular weight is 393 g/mol. The van der Waals surface area contributed by atoms with Crippen molar-refractivity contribution in [2.24, 2.45) is 5.92 Å². The molecule has 2 fully saturated rings. The van der Waals surface area contributed by atoms with Crippen LogP contribution >= 0.6 is 0 Å². The summed E-state index contributed by atoms with van der Waals surface area (Å²) >= 11 is 0. The molecule has 1 aromatic heterocycles. The molecule has 1 aliphatic carbocycles. The minimum atomic E-state index is -0.132. The van der Waals surface area contributed by atoms with Gasteiger partial charge in [0.2, 0.25) is 5.91 Å². The van der Waals surface area contributed by atoms with E-state index in [9.17, 15) is 9.59 Å². The summed E-state index contributed by atoms with van der Waals surface area (Å²) < 4.78 is 0. The molecule has 1 aromatic carbocycles. The maximum atomic E-state index is 13.0. The molecule has 2 aliphatic rings. The van der Waals surface area contributed by atoms with Crippen molar-refractivity contribution in [1.29, 1.82) is 0 Å². The molecule has 29 heavy (non-hydrogen) atoms. The second-order valence-electron chi connectivity index (χ2n) is 7.94. The summed E-state index contributed by atoms with van der Waals surface area (Å²) in [7, 11) is 0. The average Bonchev–Trinajstić information content (AvgIpc) is 3.47. The molecule has 2 aromatic rings. The Balaban J connectivity index is 1.52. The SMILES string of the molecule is O=C(NCc1cccnc1)c1cc(NC(=O)C2CCCC2)ccc1N1CCCC1. The fourth-order valence-electron chi connectivity index (χ4n) is 4.24. The molecule has 1 saturated heterocycles. The summed E-state index contributed by atoms with van der Waals surface area (Å²) in [6.45, 7) is 2.33. The van der Waals surface area contributed by atoms with E-state index < -0.39 is 0 Å². The second-order valence-corrected chi connectivity index (χ2v) is 7.94. The van der Waals surface area contributed by atoms with Crippen LogP contribution in [0, 0.1) is 5.92 Å². The zero-order chi connectivity index (χ0) is 20.1. The van der Waals surface area contributed by atoms with E-state index in [0.29, 0.717) is 17.8 Å². The van der Waals surface area contributed by atoms with Crippen molar-refractivity contribution in [3.8, 4) is 0 Å². The Morgan fingerprint density at radius 1 is 1.07 bits per heavy atom. The molecule has 1 aliphatic heterocycles. The summed E-state index contributed by atoms with van der Waals surface area (Å²) in [6, 6.07) is 9.50. The number of carbonyl (C=O) groups is 2. The van der Waals surface area contributed by atoms with Crippen LogP contribution in [0.1, 0.15) is 54.4 Å². The van der Waals surface area contributed by atoms with Crippen LogP contribution in [0.5, 0.6) is 0 Å². The lowest BCUT2D eigenvalue weighted by Gasteiger charge is -2.22. The molecule has 0 radical (unpaired) electrons. The van der Waals surface area contributed by atoms with E-state index in [0.717, 1.165) is 62.9 Å². The number of rotatable bonds is 6. The third-order valence-electron chi connectivity index (χ3n) is 5.86. The lowest BCUT2D eigenvalue weighted by Crippen LogP contribution is -2.28. The third kappa shape index (κ3) is 4.75. The summed E-state index contributed by atoms with van der Waals surface area (Å²) in [6.07, 6.45) is 9.88. The molecule has 0 unspecified atom stereocenters. The monoisotopic (exact) mass is 392 g/mol. The van der Waals surface area contributed by atoms with Crippen LogP contribution in [0.15, 0.2) is 42.7 Å². The Morgan fingerprint density at radius 2 is 1.86 bits per heavy atom. The van der Waals surface area contributed by atoms with Gasteiger partial charge in [0.05, 0.1) is 5.56 Å². The van der Waals surface area contributed by atoms with Crippen LogP contribution < -0.4 is 15.5 Å². The highest BCUT2D eigenvalue weighted by molar-refractivity contribution is 6.02. The first-order valence-corrected chi connectivity index (χ1v) is 10.6. The van der Waals surface area contributed by atoms with Gasteiger partial charge in [0, 0.05) is 49.3 Å². The van der Waals surface area contributed by atoms with Crippen molar-refractivity contribution in [3.05, 3.63) is 53.9 Å². The predicted octanol–water partition coefficient (Wildman–Crippen LogP) is 3.74. The Hall–Kier alpha value is -2.89. The van der Waals surface area contributed by atoms with Crippen molar-refractivity contribution in [2.75, 3.05) is 23.3 Å². The van der Waals surface area contributed by atoms with Crippen LogP contribution in [0.4, 0.5) is 11.4 Å². The smallest absolute Gasteiger partial charge is 0.253 e. The highest BCUT2D eigenvalue weighted by Crippen LogP contribution is 2.29. The number of hydrogen-bond donors (Lipinski definition) is 2. The van der Waals surface area contributed by atoms with Crippen LogP contribution in [-0.2, 0) is 11.3 Å². The topological polar surface area (TPSA) is 74.3 Å². The van der Waals surface area contributed by atoms with Crippen molar-refractivity contribution in [2.45, 2.75) is 45.1 Å². The van der Waals surface area contributed by atoms with Gasteiger partial charge < -0.3 is 15.5 Å². The van der Waals surface area contributed by atoms with E-state index in [1.807, 2.05) is 30.3 Å². The molecule has 6 nitrogen and oxygen atoms in total. The summed E-state index contributed by atoms with van der Waals surface area (Å²) in [5.41, 5.74) is 3.19. The van der Waals surface area contributed by atoms with Gasteiger partial charge >= 0.3 is 0 Å². The molecule has 0 atom stereocenters. The molecular weight excluding hydrogens is 364 g/mol. The highest BCUT2D eigenvalue weighted by atomic mass is 16.2. The number of pyridine rings is 1. The number of hydrogen-bond acceptors (Lipinski definition) is 4. The quantitative estimate of drug-likeness (QED) is 0.785. The van der Waals surface area contributed by atoms with Gasteiger partial charge in [-0.2, -0.15) is 0 Å². The molecule has 6 heteroatoms. The first-order valence-electron chi connectivity index (χ1n) is 10.6. The van der Waals surface area contributed by atoms with E-state index in [4.69, 9.17) is 0 Å². The van der Waals surface area contributed by atoms with E-state index in [-0.39, 0.29) is 17.7 Å². The lowest BCUT2D eigenvalue weighted by molar-refractivity contribution is -0.119. The van der Waals surface area contributed by atoms with E-state index in [1.165, 1.54) is 0 Å². The first kappa shape index (κ1) is 19.4. The van der Waals surface area contributed by atoms with Crippen molar-refractivity contribution in [1.82, 2.24) is 10.3 Å². The third-order valence-corrected chi connectivity index (χ3v) is 5.86. The van der Waals surface area contributed by atoms with Gasteiger partial charge in [-0.1, -0.05) is 18.9 Å². The van der Waals surface area contributed by atoms with Crippen molar-refractivity contribution in [3.63, 3.8) is 0 Å². The minimum Gasteiger partial charge on any atom is -0.371 e. The van der Waals surface area contributed by atoms with Crippen molar-refractivity contribution >= 4 is 23.2 Å². The number of carbonyl (C=O) groups excluding carboxylic acids is 2. The Bertz CT molecular complexity index is 856. The second kappa shape index (κ2) is 9.07. The van der Waals surface area contributed by atoms with Gasteiger partial charge in [-0.3, -0.25) is 14.6 Å². The van der Waals surface area contributed by atoms with E-state index in [2.05, 4.69) is 20.5 Å². The molecule has 2 N–H and O–H groups in total. The van der Waals surface area contributed by atoms with Crippen LogP contribution in [0.25, 0.3) is 0 Å². The molecule has 1 saturated carbocycles. The number of aromatic nitrogens is 1. The van der Waals surface area contributed by atoms with Gasteiger partial charge in [-0.25, -0.2) is 0 Å². The van der Waals surface area contributed by atoms with E-state index >= 15 is 0 Å². The maximum absolute atomic E-state index is 13.0. The molecule has 0 bridgehead atoms. The van der Waals surface area contributed by atoms with Gasteiger partial charge in [0.1, 0.15) is 0 Å². The number of benzene rings is 1. The molecule has 4 rings (SSSR count). The summed E-state index contributed by atoms with van der Waals surface area (Å²) in [4.78, 5) is 31.9. The molecule has 152 valence electrons. The summed E-state index contributed by atoms with van der Waals surface area (Å²) in [5, 5.41) is 6.02. The number of nitrogens with one attached hydrogen (secondary N) is 2. The van der Waals surface area contributed by atoms with Gasteiger partial charge in [-0.15, -0.1) is 0 Å². The highest BCUT2D eigenvalue weighted by Gasteiger charge is 2.24. The molecule has 2 heterocycles. The lowest BCUT2D eigenvalue weighted by atomic mass is 10.1. The van der Waals surface area contributed by atoms with Crippen molar-refractivity contribution < 1.29 is 9.59 Å². The Kier molecular flexibility index (Phi) is 6.08. The minimum absolute atomic E-state index is 0.0677. The van der Waals surface area contributed by atoms with Gasteiger partial charge in [-0.05, 0) is 55.5 Å². The number of anilines is 2. The Labute approximate surface area is 171 Å². The van der Waals surface area contributed by atoms with Gasteiger partial charge in [0.15, 0.2) is 0 Å².